The Bertz CT molecular complexity index is 654. The number of benzene rings is 1. The van der Waals surface area contributed by atoms with Crippen LogP contribution in [-0.2, 0) is 4.79 Å². The summed E-state index contributed by atoms with van der Waals surface area (Å²) < 4.78 is 0. The summed E-state index contributed by atoms with van der Waals surface area (Å²) in [6.07, 6.45) is 20.1. The molecule has 0 unspecified atom stereocenters. The normalized spacial score (nSPS) is 10.8. The van der Waals surface area contributed by atoms with Crippen LogP contribution in [0.5, 0.6) is 0 Å². The Kier molecular flexibility index (Phi) is 15.4. The molecule has 0 aromatic heterocycles. The standard InChI is InChI=1S/C27H43NO3/c1-3-4-5-6-7-8-9-10-11-12-13-14-15-16-17-21-26(30)24-19-18-20-25(22-24)27(31)28-23(2)29/h18-20,22H,3-17,21H2,1-2H3,(H,28,29,31). The Balaban J connectivity index is 2.03. The van der Waals surface area contributed by atoms with Gasteiger partial charge in [0, 0.05) is 24.5 Å². The summed E-state index contributed by atoms with van der Waals surface area (Å²) in [4.78, 5) is 35.3. The molecular formula is C27H43NO3. The molecule has 0 heterocycles. The molecule has 0 aliphatic carbocycles. The maximum absolute atomic E-state index is 12.4. The van der Waals surface area contributed by atoms with Crippen LogP contribution in [0.3, 0.4) is 0 Å². The molecule has 31 heavy (non-hydrogen) atoms. The quantitative estimate of drug-likeness (QED) is 0.195. The van der Waals surface area contributed by atoms with Crippen LogP contribution in [0.15, 0.2) is 24.3 Å². The van der Waals surface area contributed by atoms with Gasteiger partial charge in [-0.25, -0.2) is 0 Å². The molecule has 0 fully saturated rings. The van der Waals surface area contributed by atoms with Crippen LogP contribution in [-0.4, -0.2) is 17.6 Å². The monoisotopic (exact) mass is 429 g/mol. The maximum atomic E-state index is 12.4. The van der Waals surface area contributed by atoms with E-state index in [0.29, 0.717) is 17.5 Å². The van der Waals surface area contributed by atoms with Gasteiger partial charge in [-0.05, 0) is 18.6 Å². The highest BCUT2D eigenvalue weighted by atomic mass is 16.2. The minimum Gasteiger partial charge on any atom is -0.294 e. The number of unbranched alkanes of at least 4 members (excludes halogenated alkanes) is 14. The van der Waals surface area contributed by atoms with Crippen molar-refractivity contribution in [3.8, 4) is 0 Å². The first-order valence-electron chi connectivity index (χ1n) is 12.5. The van der Waals surface area contributed by atoms with E-state index in [9.17, 15) is 14.4 Å². The summed E-state index contributed by atoms with van der Waals surface area (Å²) in [5.74, 6) is -0.805. The summed E-state index contributed by atoms with van der Waals surface area (Å²) >= 11 is 0. The molecular weight excluding hydrogens is 386 g/mol. The van der Waals surface area contributed by atoms with Gasteiger partial charge in [0.1, 0.15) is 0 Å². The van der Waals surface area contributed by atoms with Crippen molar-refractivity contribution >= 4 is 17.6 Å². The molecule has 0 saturated carbocycles. The Labute approximate surface area is 189 Å². The van der Waals surface area contributed by atoms with Crippen molar-refractivity contribution in [1.82, 2.24) is 5.32 Å². The molecule has 1 N–H and O–H groups in total. The number of ketones is 1. The molecule has 0 spiro atoms. The number of hydrogen-bond donors (Lipinski definition) is 1. The highest BCUT2D eigenvalue weighted by molar-refractivity contribution is 6.05. The van der Waals surface area contributed by atoms with Crippen LogP contribution in [0.25, 0.3) is 0 Å². The Morgan fingerprint density at radius 2 is 1.13 bits per heavy atom. The molecule has 0 aliphatic heterocycles. The summed E-state index contributed by atoms with van der Waals surface area (Å²) in [5.41, 5.74) is 0.888. The predicted octanol–water partition coefficient (Wildman–Crippen LogP) is 7.41. The summed E-state index contributed by atoms with van der Waals surface area (Å²) in [7, 11) is 0. The summed E-state index contributed by atoms with van der Waals surface area (Å²) in [6, 6.07) is 6.61. The zero-order chi connectivity index (χ0) is 22.7. The first kappa shape index (κ1) is 27.1. The average Bonchev–Trinajstić information content (AvgIpc) is 2.76. The number of hydrogen-bond acceptors (Lipinski definition) is 3. The van der Waals surface area contributed by atoms with Crippen molar-refractivity contribution in [3.05, 3.63) is 35.4 Å². The number of rotatable bonds is 18. The number of carbonyl (C=O) groups is 3. The third-order valence-electron chi connectivity index (χ3n) is 5.74. The topological polar surface area (TPSA) is 63.2 Å². The maximum Gasteiger partial charge on any atom is 0.257 e. The van der Waals surface area contributed by atoms with Crippen molar-refractivity contribution in [2.45, 2.75) is 117 Å². The van der Waals surface area contributed by atoms with Crippen LogP contribution >= 0.6 is 0 Å². The van der Waals surface area contributed by atoms with E-state index in [-0.39, 0.29) is 5.78 Å². The third kappa shape index (κ3) is 13.9. The molecule has 0 atom stereocenters. The molecule has 0 saturated heterocycles. The smallest absolute Gasteiger partial charge is 0.257 e. The van der Waals surface area contributed by atoms with Gasteiger partial charge in [-0.3, -0.25) is 19.7 Å². The highest BCUT2D eigenvalue weighted by Gasteiger charge is 2.11. The predicted molar refractivity (Wildman–Crippen MR) is 128 cm³/mol. The number of imide groups is 1. The lowest BCUT2D eigenvalue weighted by molar-refractivity contribution is -0.118. The fourth-order valence-corrected chi connectivity index (χ4v) is 3.87. The molecule has 0 bridgehead atoms. The van der Waals surface area contributed by atoms with Crippen molar-refractivity contribution in [1.29, 1.82) is 0 Å². The van der Waals surface area contributed by atoms with Gasteiger partial charge in [0.05, 0.1) is 0 Å². The number of Topliss-reactive ketones (excluding diaryl/α,β-unsaturated/α-hetero) is 1. The number of carbonyl (C=O) groups excluding carboxylic acids is 3. The van der Waals surface area contributed by atoms with E-state index >= 15 is 0 Å². The zero-order valence-corrected chi connectivity index (χ0v) is 19.8. The fraction of sp³-hybridized carbons (Fsp3) is 0.667. The van der Waals surface area contributed by atoms with Crippen LogP contribution in [0.1, 0.15) is 137 Å². The first-order valence-corrected chi connectivity index (χ1v) is 12.5. The van der Waals surface area contributed by atoms with E-state index in [1.165, 1.54) is 90.4 Å². The van der Waals surface area contributed by atoms with Gasteiger partial charge in [0.25, 0.3) is 5.91 Å². The van der Waals surface area contributed by atoms with Gasteiger partial charge in [0.2, 0.25) is 5.91 Å². The molecule has 0 aliphatic rings. The largest absolute Gasteiger partial charge is 0.294 e. The average molecular weight is 430 g/mol. The zero-order valence-electron chi connectivity index (χ0n) is 19.8. The van der Waals surface area contributed by atoms with E-state index in [4.69, 9.17) is 0 Å². The molecule has 0 radical (unpaired) electrons. The van der Waals surface area contributed by atoms with Crippen LogP contribution in [0.4, 0.5) is 0 Å². The lowest BCUT2D eigenvalue weighted by Crippen LogP contribution is -2.28. The van der Waals surface area contributed by atoms with Gasteiger partial charge >= 0.3 is 0 Å². The molecule has 4 nitrogen and oxygen atoms in total. The second-order valence-electron chi connectivity index (χ2n) is 8.71. The minimum absolute atomic E-state index is 0.0622. The van der Waals surface area contributed by atoms with E-state index in [2.05, 4.69) is 12.2 Å². The van der Waals surface area contributed by atoms with E-state index in [1.54, 1.807) is 24.3 Å². The molecule has 174 valence electrons. The number of amides is 2. The third-order valence-corrected chi connectivity index (χ3v) is 5.74. The van der Waals surface area contributed by atoms with Crippen molar-refractivity contribution in [2.24, 2.45) is 0 Å². The first-order chi connectivity index (χ1) is 15.0. The Morgan fingerprint density at radius 3 is 1.61 bits per heavy atom. The lowest BCUT2D eigenvalue weighted by atomic mass is 10.0. The second-order valence-corrected chi connectivity index (χ2v) is 8.71. The highest BCUT2D eigenvalue weighted by Crippen LogP contribution is 2.15. The Hall–Kier alpha value is -1.97. The fourth-order valence-electron chi connectivity index (χ4n) is 3.87. The number of nitrogens with one attached hydrogen (secondary N) is 1. The molecule has 1 aromatic rings. The van der Waals surface area contributed by atoms with Gasteiger partial charge in [-0.15, -0.1) is 0 Å². The van der Waals surface area contributed by atoms with Gasteiger partial charge in [-0.1, -0.05) is 109 Å². The van der Waals surface area contributed by atoms with Crippen LogP contribution < -0.4 is 5.32 Å². The van der Waals surface area contributed by atoms with Gasteiger partial charge in [-0.2, -0.15) is 0 Å². The molecule has 1 rings (SSSR count). The van der Waals surface area contributed by atoms with E-state index < -0.39 is 11.8 Å². The van der Waals surface area contributed by atoms with Gasteiger partial charge < -0.3 is 0 Å². The Morgan fingerprint density at radius 1 is 0.677 bits per heavy atom. The summed E-state index contributed by atoms with van der Waals surface area (Å²) in [6.45, 7) is 3.56. The SMILES string of the molecule is CCCCCCCCCCCCCCCCCC(=O)c1cccc(C(=O)NC(C)=O)c1. The molecule has 2 amide bonds. The molecule has 4 heteroatoms. The van der Waals surface area contributed by atoms with Crippen molar-refractivity contribution in [2.75, 3.05) is 0 Å². The van der Waals surface area contributed by atoms with Crippen molar-refractivity contribution in [3.63, 3.8) is 0 Å². The van der Waals surface area contributed by atoms with Crippen LogP contribution in [0.2, 0.25) is 0 Å². The van der Waals surface area contributed by atoms with Crippen LogP contribution in [0, 0.1) is 0 Å². The summed E-state index contributed by atoms with van der Waals surface area (Å²) in [5, 5.41) is 2.24. The minimum atomic E-state index is -0.464. The van der Waals surface area contributed by atoms with Gasteiger partial charge in [0.15, 0.2) is 5.78 Å². The van der Waals surface area contributed by atoms with E-state index in [1.807, 2.05) is 0 Å². The lowest BCUT2D eigenvalue weighted by Gasteiger charge is -2.05. The second kappa shape index (κ2) is 17.7. The van der Waals surface area contributed by atoms with Crippen molar-refractivity contribution < 1.29 is 14.4 Å². The molecule has 1 aromatic carbocycles. The van der Waals surface area contributed by atoms with E-state index in [0.717, 1.165) is 12.8 Å².